The van der Waals surface area contributed by atoms with Gasteiger partial charge in [0.1, 0.15) is 5.69 Å². The molecule has 10 heteroatoms. The third kappa shape index (κ3) is 6.29. The topological polar surface area (TPSA) is 91.6 Å². The Hall–Kier alpha value is -3.62. The quantitative estimate of drug-likeness (QED) is 0.264. The number of nitro groups is 1. The SMILES string of the molecule is O=C(C=Cc1ccc(Cl)cc1Cl)N1CCN(c2ccc([N+](=O)[O-])c(NCc3cccnc3)c2)CC1. The van der Waals surface area contributed by atoms with Crippen molar-refractivity contribution in [1.82, 2.24) is 9.88 Å². The van der Waals surface area contributed by atoms with E-state index in [0.717, 1.165) is 16.8 Å². The van der Waals surface area contributed by atoms with E-state index in [4.69, 9.17) is 23.2 Å². The van der Waals surface area contributed by atoms with Crippen LogP contribution in [-0.4, -0.2) is 46.9 Å². The first-order valence-corrected chi connectivity index (χ1v) is 11.7. The molecule has 0 radical (unpaired) electrons. The molecule has 180 valence electrons. The summed E-state index contributed by atoms with van der Waals surface area (Å²) < 4.78 is 0. The molecule has 2 aromatic carbocycles. The summed E-state index contributed by atoms with van der Waals surface area (Å²) >= 11 is 12.1. The largest absolute Gasteiger partial charge is 0.375 e. The van der Waals surface area contributed by atoms with E-state index in [-0.39, 0.29) is 11.6 Å². The van der Waals surface area contributed by atoms with Crippen LogP contribution in [0.5, 0.6) is 0 Å². The smallest absolute Gasteiger partial charge is 0.292 e. The number of benzene rings is 2. The highest BCUT2D eigenvalue weighted by Crippen LogP contribution is 2.30. The lowest BCUT2D eigenvalue weighted by Crippen LogP contribution is -2.48. The van der Waals surface area contributed by atoms with Crippen molar-refractivity contribution >= 4 is 52.2 Å². The molecular weight excluding hydrogens is 489 g/mol. The number of nitro benzene ring substituents is 1. The van der Waals surface area contributed by atoms with Crippen LogP contribution in [0.15, 0.2) is 67.0 Å². The summed E-state index contributed by atoms with van der Waals surface area (Å²) in [6.45, 7) is 2.71. The zero-order valence-corrected chi connectivity index (χ0v) is 20.2. The molecule has 1 aliphatic rings. The summed E-state index contributed by atoms with van der Waals surface area (Å²) in [5.74, 6) is -0.0989. The zero-order chi connectivity index (χ0) is 24.8. The molecule has 4 rings (SSSR count). The lowest BCUT2D eigenvalue weighted by atomic mass is 10.2. The van der Waals surface area contributed by atoms with Crippen LogP contribution in [0.3, 0.4) is 0 Å². The zero-order valence-electron chi connectivity index (χ0n) is 18.7. The second kappa shape index (κ2) is 11.2. The molecule has 0 saturated carbocycles. The number of nitrogens with zero attached hydrogens (tertiary/aromatic N) is 4. The Morgan fingerprint density at radius 3 is 2.60 bits per heavy atom. The molecule has 8 nitrogen and oxygen atoms in total. The minimum absolute atomic E-state index is 0.0115. The Morgan fingerprint density at radius 2 is 1.91 bits per heavy atom. The fraction of sp³-hybridized carbons (Fsp3) is 0.200. The van der Waals surface area contributed by atoms with E-state index in [1.807, 2.05) is 12.1 Å². The first-order valence-electron chi connectivity index (χ1n) is 11.0. The van der Waals surface area contributed by atoms with Gasteiger partial charge in [-0.1, -0.05) is 35.3 Å². The van der Waals surface area contributed by atoms with Crippen LogP contribution in [0.2, 0.25) is 10.0 Å². The molecule has 1 fully saturated rings. The highest BCUT2D eigenvalue weighted by atomic mass is 35.5. The van der Waals surface area contributed by atoms with Crippen molar-refractivity contribution in [2.75, 3.05) is 36.4 Å². The summed E-state index contributed by atoms with van der Waals surface area (Å²) in [5, 5.41) is 15.7. The molecule has 1 saturated heterocycles. The summed E-state index contributed by atoms with van der Waals surface area (Å²) in [5.41, 5.74) is 2.96. The third-order valence-electron chi connectivity index (χ3n) is 5.71. The molecule has 1 N–H and O–H groups in total. The second-order valence-corrected chi connectivity index (χ2v) is 8.83. The van der Waals surface area contributed by atoms with Gasteiger partial charge in [0, 0.05) is 73.0 Å². The second-order valence-electron chi connectivity index (χ2n) is 7.98. The Bertz CT molecular complexity index is 1250. The molecule has 0 atom stereocenters. The highest BCUT2D eigenvalue weighted by molar-refractivity contribution is 6.35. The van der Waals surface area contributed by atoms with Gasteiger partial charge in [-0.25, -0.2) is 0 Å². The van der Waals surface area contributed by atoms with Gasteiger partial charge < -0.3 is 15.1 Å². The Labute approximate surface area is 212 Å². The Kier molecular flexibility index (Phi) is 7.84. The lowest BCUT2D eigenvalue weighted by molar-refractivity contribution is -0.384. The average Bonchev–Trinajstić information content (AvgIpc) is 2.87. The number of pyridine rings is 1. The van der Waals surface area contributed by atoms with Crippen LogP contribution in [0.25, 0.3) is 6.08 Å². The Morgan fingerprint density at radius 1 is 1.11 bits per heavy atom. The van der Waals surface area contributed by atoms with E-state index in [1.165, 1.54) is 12.1 Å². The van der Waals surface area contributed by atoms with Crippen molar-refractivity contribution in [2.24, 2.45) is 0 Å². The van der Waals surface area contributed by atoms with E-state index >= 15 is 0 Å². The number of hydrogen-bond donors (Lipinski definition) is 1. The van der Waals surface area contributed by atoms with Gasteiger partial charge in [0.05, 0.1) is 4.92 Å². The molecule has 1 amide bonds. The number of rotatable bonds is 7. The van der Waals surface area contributed by atoms with Crippen LogP contribution in [0, 0.1) is 10.1 Å². The van der Waals surface area contributed by atoms with Gasteiger partial charge in [0.2, 0.25) is 5.91 Å². The van der Waals surface area contributed by atoms with Crippen molar-refractivity contribution < 1.29 is 9.72 Å². The fourth-order valence-corrected chi connectivity index (χ4v) is 4.28. The molecular formula is C25H23Cl2N5O3. The predicted octanol–water partition coefficient (Wildman–Crippen LogP) is 5.27. The average molecular weight is 512 g/mol. The number of nitrogens with one attached hydrogen (secondary N) is 1. The number of amides is 1. The standard InChI is InChI=1S/C25H23Cl2N5O3/c26-20-5-3-19(22(27)14-20)4-8-25(33)31-12-10-30(11-13-31)21-6-7-24(32(34)35)23(15-21)29-17-18-2-1-9-28-16-18/h1-9,14-16,29H,10-13,17H2. The number of piperazine rings is 1. The predicted molar refractivity (Wildman–Crippen MR) is 139 cm³/mol. The number of carbonyl (C=O) groups is 1. The molecule has 1 aromatic heterocycles. The molecule has 0 aliphatic carbocycles. The van der Waals surface area contributed by atoms with Gasteiger partial charge in [0.25, 0.3) is 5.69 Å². The molecule has 3 aromatic rings. The lowest BCUT2D eigenvalue weighted by Gasteiger charge is -2.35. The summed E-state index contributed by atoms with van der Waals surface area (Å²) in [6.07, 6.45) is 6.59. The van der Waals surface area contributed by atoms with Gasteiger partial charge in [-0.15, -0.1) is 0 Å². The van der Waals surface area contributed by atoms with Crippen molar-refractivity contribution in [3.63, 3.8) is 0 Å². The molecule has 2 heterocycles. The monoisotopic (exact) mass is 511 g/mol. The van der Waals surface area contributed by atoms with Gasteiger partial charge >= 0.3 is 0 Å². The number of halogens is 2. The van der Waals surface area contributed by atoms with Crippen LogP contribution < -0.4 is 10.2 Å². The van der Waals surface area contributed by atoms with Gasteiger partial charge in [-0.3, -0.25) is 19.9 Å². The fourth-order valence-electron chi connectivity index (χ4n) is 3.81. The van der Waals surface area contributed by atoms with E-state index in [0.29, 0.717) is 48.5 Å². The van der Waals surface area contributed by atoms with Gasteiger partial charge in [0.15, 0.2) is 0 Å². The number of hydrogen-bond acceptors (Lipinski definition) is 6. The van der Waals surface area contributed by atoms with Crippen LogP contribution in [-0.2, 0) is 11.3 Å². The number of aromatic nitrogens is 1. The summed E-state index contributed by atoms with van der Waals surface area (Å²) in [6, 6.07) is 13.9. The third-order valence-corrected chi connectivity index (χ3v) is 6.27. The number of anilines is 2. The molecule has 0 unspecified atom stereocenters. The van der Waals surface area contributed by atoms with Crippen LogP contribution in [0.4, 0.5) is 17.1 Å². The van der Waals surface area contributed by atoms with Crippen molar-refractivity contribution in [3.8, 4) is 0 Å². The minimum Gasteiger partial charge on any atom is -0.375 e. The van der Waals surface area contributed by atoms with E-state index in [2.05, 4.69) is 15.2 Å². The van der Waals surface area contributed by atoms with Crippen LogP contribution >= 0.6 is 23.2 Å². The molecule has 1 aliphatic heterocycles. The summed E-state index contributed by atoms with van der Waals surface area (Å²) in [4.78, 5) is 31.7. The first kappa shape index (κ1) is 24.5. The first-order chi connectivity index (χ1) is 16.9. The minimum atomic E-state index is -0.398. The summed E-state index contributed by atoms with van der Waals surface area (Å²) in [7, 11) is 0. The van der Waals surface area contributed by atoms with Gasteiger partial charge in [-0.05, 0) is 47.5 Å². The molecule has 0 bridgehead atoms. The van der Waals surface area contributed by atoms with E-state index < -0.39 is 4.92 Å². The van der Waals surface area contributed by atoms with Crippen molar-refractivity contribution in [1.29, 1.82) is 0 Å². The molecule has 0 spiro atoms. The number of carbonyl (C=O) groups excluding carboxylic acids is 1. The van der Waals surface area contributed by atoms with Crippen molar-refractivity contribution in [3.05, 3.63) is 98.3 Å². The maximum absolute atomic E-state index is 12.6. The maximum Gasteiger partial charge on any atom is 0.292 e. The van der Waals surface area contributed by atoms with Crippen molar-refractivity contribution in [2.45, 2.75) is 6.54 Å². The van der Waals surface area contributed by atoms with Gasteiger partial charge in [-0.2, -0.15) is 0 Å². The maximum atomic E-state index is 12.6. The normalized spacial score (nSPS) is 13.8. The van der Waals surface area contributed by atoms with Crippen LogP contribution in [0.1, 0.15) is 11.1 Å². The van der Waals surface area contributed by atoms with E-state index in [1.54, 1.807) is 53.7 Å². The molecule has 35 heavy (non-hydrogen) atoms. The highest BCUT2D eigenvalue weighted by Gasteiger charge is 2.22. The van der Waals surface area contributed by atoms with E-state index in [9.17, 15) is 14.9 Å². The Balaban J connectivity index is 1.39.